The van der Waals surface area contributed by atoms with Crippen LogP contribution in [0.2, 0.25) is 0 Å². The summed E-state index contributed by atoms with van der Waals surface area (Å²) in [6.07, 6.45) is 3.46. The van der Waals surface area contributed by atoms with Crippen LogP contribution in [0, 0.1) is 0 Å². The van der Waals surface area contributed by atoms with Crippen LogP contribution < -0.4 is 10.6 Å². The van der Waals surface area contributed by atoms with Crippen molar-refractivity contribution in [2.45, 2.75) is 44.6 Å². The molecule has 104 valence electrons. The van der Waals surface area contributed by atoms with Gasteiger partial charge in [-0.3, -0.25) is 0 Å². The van der Waals surface area contributed by atoms with Gasteiger partial charge in [-0.25, -0.2) is 9.97 Å². The lowest BCUT2D eigenvalue weighted by Crippen LogP contribution is -2.35. The number of hydrogen-bond acceptors (Lipinski definition) is 5. The predicted molar refractivity (Wildman–Crippen MR) is 75.6 cm³/mol. The molecular weight excluding hydrogens is 240 g/mol. The van der Waals surface area contributed by atoms with E-state index in [4.69, 9.17) is 4.74 Å². The van der Waals surface area contributed by atoms with Crippen LogP contribution in [0.4, 0.5) is 11.6 Å². The fourth-order valence-corrected chi connectivity index (χ4v) is 2.40. The Morgan fingerprint density at radius 1 is 1.37 bits per heavy atom. The van der Waals surface area contributed by atoms with Gasteiger partial charge in [-0.15, -0.1) is 0 Å². The molecule has 1 aromatic heterocycles. The Kier molecular flexibility index (Phi) is 3.31. The van der Waals surface area contributed by atoms with E-state index in [1.54, 1.807) is 0 Å². The number of anilines is 2. The molecular formula is C14H22N4O. The zero-order valence-corrected chi connectivity index (χ0v) is 11.7. The largest absolute Gasteiger partial charge is 0.379 e. The Labute approximate surface area is 114 Å². The van der Waals surface area contributed by atoms with Crippen LogP contribution in [0.15, 0.2) is 6.07 Å². The van der Waals surface area contributed by atoms with Gasteiger partial charge in [0, 0.05) is 25.1 Å². The first-order chi connectivity index (χ1) is 9.18. The molecule has 1 atom stereocenters. The van der Waals surface area contributed by atoms with Gasteiger partial charge < -0.3 is 15.4 Å². The van der Waals surface area contributed by atoms with Gasteiger partial charge >= 0.3 is 0 Å². The summed E-state index contributed by atoms with van der Waals surface area (Å²) >= 11 is 0. The van der Waals surface area contributed by atoms with Gasteiger partial charge in [-0.1, -0.05) is 0 Å². The standard InChI is InChI=1S/C14H22N4O/c1-3-15-11-8-12(17-13(16-11)10-4-5-10)18-14(2)6-7-19-9-14/h8,10H,3-7,9H2,1-2H3,(H2,15,16,17,18). The van der Waals surface area contributed by atoms with Crippen LogP contribution >= 0.6 is 0 Å². The van der Waals surface area contributed by atoms with E-state index in [0.29, 0.717) is 5.92 Å². The molecule has 19 heavy (non-hydrogen) atoms. The highest BCUT2D eigenvalue weighted by atomic mass is 16.5. The SMILES string of the molecule is CCNc1cc(NC2(C)CCOC2)nc(C2CC2)n1. The predicted octanol–water partition coefficient (Wildman–Crippen LogP) is 2.38. The number of ether oxygens (including phenoxy) is 1. The van der Waals surface area contributed by atoms with Gasteiger partial charge in [-0.2, -0.15) is 0 Å². The van der Waals surface area contributed by atoms with Crippen molar-refractivity contribution >= 4 is 11.6 Å². The van der Waals surface area contributed by atoms with Gasteiger partial charge in [-0.05, 0) is 33.1 Å². The zero-order valence-electron chi connectivity index (χ0n) is 11.7. The topological polar surface area (TPSA) is 59.1 Å². The third kappa shape index (κ3) is 2.97. The van der Waals surface area contributed by atoms with E-state index >= 15 is 0 Å². The second-order valence-electron chi connectivity index (χ2n) is 5.79. The highest BCUT2D eigenvalue weighted by molar-refractivity contribution is 5.49. The second kappa shape index (κ2) is 4.96. The molecule has 2 heterocycles. The van der Waals surface area contributed by atoms with E-state index < -0.39 is 0 Å². The number of rotatable bonds is 5. The molecule has 2 fully saturated rings. The van der Waals surface area contributed by atoms with Crippen LogP contribution in [0.25, 0.3) is 0 Å². The maximum atomic E-state index is 5.48. The molecule has 2 aliphatic rings. The van der Waals surface area contributed by atoms with Crippen molar-refractivity contribution in [3.63, 3.8) is 0 Å². The summed E-state index contributed by atoms with van der Waals surface area (Å²) in [6.45, 7) is 6.71. The van der Waals surface area contributed by atoms with Crippen molar-refractivity contribution in [2.75, 3.05) is 30.4 Å². The van der Waals surface area contributed by atoms with Crippen molar-refractivity contribution in [1.82, 2.24) is 9.97 Å². The van der Waals surface area contributed by atoms with Gasteiger partial charge in [0.2, 0.25) is 0 Å². The van der Waals surface area contributed by atoms with E-state index in [0.717, 1.165) is 43.6 Å². The first kappa shape index (κ1) is 12.7. The van der Waals surface area contributed by atoms with Gasteiger partial charge in [0.15, 0.2) is 0 Å². The normalized spacial score (nSPS) is 26.4. The van der Waals surface area contributed by atoms with Gasteiger partial charge in [0.25, 0.3) is 0 Å². The molecule has 0 spiro atoms. The number of nitrogens with one attached hydrogen (secondary N) is 2. The third-order valence-corrected chi connectivity index (χ3v) is 3.69. The molecule has 1 saturated carbocycles. The smallest absolute Gasteiger partial charge is 0.136 e. The summed E-state index contributed by atoms with van der Waals surface area (Å²) in [5.41, 5.74) is -0.00133. The molecule has 1 saturated heterocycles. The van der Waals surface area contributed by atoms with Crippen molar-refractivity contribution in [1.29, 1.82) is 0 Å². The zero-order chi connectivity index (χ0) is 13.3. The minimum atomic E-state index is -0.00133. The van der Waals surface area contributed by atoms with Crippen molar-refractivity contribution in [3.05, 3.63) is 11.9 Å². The summed E-state index contributed by atoms with van der Waals surface area (Å²) in [4.78, 5) is 9.26. The Hall–Kier alpha value is -1.36. The first-order valence-corrected chi connectivity index (χ1v) is 7.17. The third-order valence-electron chi connectivity index (χ3n) is 3.69. The lowest BCUT2D eigenvalue weighted by molar-refractivity contribution is 0.185. The Morgan fingerprint density at radius 2 is 2.16 bits per heavy atom. The minimum Gasteiger partial charge on any atom is -0.379 e. The molecule has 3 rings (SSSR count). The molecule has 1 aliphatic heterocycles. The molecule has 0 aromatic carbocycles. The van der Waals surface area contributed by atoms with Crippen molar-refractivity contribution < 1.29 is 4.74 Å². The van der Waals surface area contributed by atoms with Gasteiger partial charge in [0.05, 0.1) is 12.1 Å². The highest BCUT2D eigenvalue weighted by Gasteiger charge is 2.31. The Bertz CT molecular complexity index is 453. The molecule has 0 amide bonds. The molecule has 5 nitrogen and oxygen atoms in total. The van der Waals surface area contributed by atoms with E-state index in [9.17, 15) is 0 Å². The maximum absolute atomic E-state index is 5.48. The van der Waals surface area contributed by atoms with E-state index in [2.05, 4.69) is 34.4 Å². The van der Waals surface area contributed by atoms with E-state index in [1.165, 1.54) is 12.8 Å². The summed E-state index contributed by atoms with van der Waals surface area (Å²) < 4.78 is 5.48. The quantitative estimate of drug-likeness (QED) is 0.853. The molecule has 1 aliphatic carbocycles. The Morgan fingerprint density at radius 3 is 2.79 bits per heavy atom. The molecule has 2 N–H and O–H groups in total. The molecule has 0 bridgehead atoms. The van der Waals surface area contributed by atoms with Crippen LogP contribution in [-0.2, 0) is 4.74 Å². The van der Waals surface area contributed by atoms with E-state index in [1.807, 2.05) is 6.07 Å². The minimum absolute atomic E-state index is 0.00133. The van der Waals surface area contributed by atoms with E-state index in [-0.39, 0.29) is 5.54 Å². The monoisotopic (exact) mass is 262 g/mol. The molecule has 0 radical (unpaired) electrons. The maximum Gasteiger partial charge on any atom is 0.136 e. The molecule has 1 aromatic rings. The lowest BCUT2D eigenvalue weighted by atomic mass is 10.0. The summed E-state index contributed by atoms with van der Waals surface area (Å²) in [7, 11) is 0. The lowest BCUT2D eigenvalue weighted by Gasteiger charge is -2.24. The Balaban J connectivity index is 1.82. The van der Waals surface area contributed by atoms with Crippen LogP contribution in [0.5, 0.6) is 0 Å². The van der Waals surface area contributed by atoms with Gasteiger partial charge in [0.1, 0.15) is 17.5 Å². The summed E-state index contributed by atoms with van der Waals surface area (Å²) in [5.74, 6) is 3.38. The van der Waals surface area contributed by atoms with Crippen molar-refractivity contribution in [2.24, 2.45) is 0 Å². The average molecular weight is 262 g/mol. The van der Waals surface area contributed by atoms with Crippen LogP contribution in [0.1, 0.15) is 44.9 Å². The highest BCUT2D eigenvalue weighted by Crippen LogP contribution is 2.39. The summed E-state index contributed by atoms with van der Waals surface area (Å²) in [6, 6.07) is 2.00. The van der Waals surface area contributed by atoms with Crippen LogP contribution in [-0.4, -0.2) is 35.3 Å². The molecule has 1 unspecified atom stereocenters. The number of hydrogen-bond donors (Lipinski definition) is 2. The number of nitrogens with zero attached hydrogens (tertiary/aromatic N) is 2. The first-order valence-electron chi connectivity index (χ1n) is 7.17. The van der Waals surface area contributed by atoms with Crippen molar-refractivity contribution in [3.8, 4) is 0 Å². The average Bonchev–Trinajstić information content (AvgIpc) is 3.13. The second-order valence-corrected chi connectivity index (χ2v) is 5.79. The van der Waals surface area contributed by atoms with Crippen LogP contribution in [0.3, 0.4) is 0 Å². The fourth-order valence-electron chi connectivity index (χ4n) is 2.40. The summed E-state index contributed by atoms with van der Waals surface area (Å²) in [5, 5.41) is 6.81. The fraction of sp³-hybridized carbons (Fsp3) is 0.714. The number of aromatic nitrogens is 2. The molecule has 5 heteroatoms.